The summed E-state index contributed by atoms with van der Waals surface area (Å²) in [7, 11) is 0. The third-order valence-corrected chi connectivity index (χ3v) is 8.24. The van der Waals surface area contributed by atoms with E-state index in [0.29, 0.717) is 17.6 Å². The summed E-state index contributed by atoms with van der Waals surface area (Å²) in [4.78, 5) is 12.7. The van der Waals surface area contributed by atoms with Gasteiger partial charge in [0.05, 0.1) is 26.2 Å². The Morgan fingerprint density at radius 2 is 0.872 bits per heavy atom. The number of hydrogen-bond donors (Lipinski definition) is 0. The summed E-state index contributed by atoms with van der Waals surface area (Å²) in [6.07, 6.45) is 36.0. The number of unbranched alkanes of at least 4 members (excludes halogenated alkanes) is 22. The Morgan fingerprint density at radius 1 is 0.538 bits per heavy atom. The van der Waals surface area contributed by atoms with Crippen molar-refractivity contribution in [1.82, 2.24) is 0 Å². The van der Waals surface area contributed by atoms with Gasteiger partial charge in [-0.3, -0.25) is 0 Å². The van der Waals surface area contributed by atoms with Crippen LogP contribution in [-0.4, -0.2) is 43.2 Å². The lowest BCUT2D eigenvalue weighted by atomic mass is 10.0. The summed E-state index contributed by atoms with van der Waals surface area (Å²) in [6, 6.07) is 0. The Labute approximate surface area is 245 Å². The summed E-state index contributed by atoms with van der Waals surface area (Å²) in [6.45, 7) is 16.1. The first-order valence-corrected chi connectivity index (χ1v) is 17.4. The molecule has 0 amide bonds. The molecule has 0 aliphatic carbocycles. The van der Waals surface area contributed by atoms with E-state index >= 15 is 0 Å². The van der Waals surface area contributed by atoms with Crippen molar-refractivity contribution in [2.45, 2.75) is 168 Å². The first kappa shape index (κ1) is 37.9. The second kappa shape index (κ2) is 29.9. The van der Waals surface area contributed by atoms with Gasteiger partial charge >= 0.3 is 5.97 Å². The number of carbonyl (C=O) groups is 1. The maximum absolute atomic E-state index is 12.7. The number of rotatable bonds is 32. The number of carbonyl (C=O) groups excluding carboxylic acids is 1. The molecule has 0 rings (SSSR count). The second-order valence-corrected chi connectivity index (χ2v) is 12.2. The molecule has 0 aliphatic rings. The highest BCUT2D eigenvalue weighted by Gasteiger charge is 2.28. The summed E-state index contributed by atoms with van der Waals surface area (Å²) in [5.74, 6) is -0.0556. The Hall–Kier alpha value is -1.09. The number of hydrogen-bond acceptors (Lipinski definition) is 2. The van der Waals surface area contributed by atoms with Crippen LogP contribution in [0.3, 0.4) is 0 Å². The third kappa shape index (κ3) is 25.6. The van der Waals surface area contributed by atoms with E-state index in [1.54, 1.807) is 0 Å². The van der Waals surface area contributed by atoms with Crippen molar-refractivity contribution in [2.75, 3.05) is 32.8 Å². The van der Waals surface area contributed by atoms with E-state index in [1.807, 2.05) is 12.2 Å². The van der Waals surface area contributed by atoms with E-state index in [4.69, 9.17) is 4.74 Å². The monoisotopic (exact) mass is 549 g/mol. The van der Waals surface area contributed by atoms with E-state index in [0.717, 1.165) is 32.5 Å². The van der Waals surface area contributed by atoms with Crippen LogP contribution >= 0.6 is 0 Å². The van der Waals surface area contributed by atoms with Crippen LogP contribution < -0.4 is 0 Å². The van der Waals surface area contributed by atoms with Gasteiger partial charge in [0.25, 0.3) is 0 Å². The first-order valence-electron chi connectivity index (χ1n) is 17.4. The number of quaternary nitrogens is 1. The zero-order chi connectivity index (χ0) is 28.7. The highest BCUT2D eigenvalue weighted by Crippen LogP contribution is 2.16. The molecular formula is C36H70NO2+. The van der Waals surface area contributed by atoms with Crippen LogP contribution in [0.1, 0.15) is 168 Å². The van der Waals surface area contributed by atoms with Crippen molar-refractivity contribution in [2.24, 2.45) is 0 Å². The Morgan fingerprint density at radius 3 is 1.23 bits per heavy atom. The van der Waals surface area contributed by atoms with Crippen molar-refractivity contribution < 1.29 is 14.0 Å². The Balaban J connectivity index is 3.97. The molecule has 0 saturated carbocycles. The molecule has 230 valence electrons. The van der Waals surface area contributed by atoms with Gasteiger partial charge in [-0.05, 0) is 31.4 Å². The number of nitrogens with zero attached hydrogens (tertiary/aromatic N) is 1. The van der Waals surface area contributed by atoms with Gasteiger partial charge in [0, 0.05) is 0 Å². The van der Waals surface area contributed by atoms with Gasteiger partial charge in [0.1, 0.15) is 0 Å². The molecule has 0 aromatic carbocycles. The predicted molar refractivity (Wildman–Crippen MR) is 173 cm³/mol. The summed E-state index contributed by atoms with van der Waals surface area (Å²) >= 11 is 0. The van der Waals surface area contributed by atoms with Gasteiger partial charge in [-0.2, -0.15) is 0 Å². The minimum Gasteiger partial charge on any atom is -0.462 e. The summed E-state index contributed by atoms with van der Waals surface area (Å²) in [5, 5.41) is 0. The molecular weight excluding hydrogens is 478 g/mol. The molecule has 3 nitrogen and oxygen atoms in total. The highest BCUT2D eigenvalue weighted by atomic mass is 16.5. The number of esters is 1. The number of ether oxygens (including phenoxy) is 1. The fraction of sp³-hybridized carbons (Fsp3) is 0.861. The Bertz CT molecular complexity index is 534. The minimum atomic E-state index is -0.0556. The fourth-order valence-corrected chi connectivity index (χ4v) is 5.75. The molecule has 0 saturated heterocycles. The molecule has 0 fully saturated rings. The molecule has 0 radical (unpaired) electrons. The molecule has 0 unspecified atom stereocenters. The topological polar surface area (TPSA) is 26.3 Å². The molecule has 0 aromatic rings. The van der Waals surface area contributed by atoms with Crippen molar-refractivity contribution in [1.29, 1.82) is 0 Å². The van der Waals surface area contributed by atoms with Crippen LogP contribution in [0, 0.1) is 0 Å². The van der Waals surface area contributed by atoms with Gasteiger partial charge in [-0.15, -0.1) is 0 Å². The van der Waals surface area contributed by atoms with E-state index in [1.165, 1.54) is 141 Å². The zero-order valence-corrected chi connectivity index (χ0v) is 26.8. The summed E-state index contributed by atoms with van der Waals surface area (Å²) < 4.78 is 6.37. The molecule has 0 aromatic heterocycles. The normalized spacial score (nSPS) is 11.5. The zero-order valence-electron chi connectivity index (χ0n) is 26.8. The van der Waals surface area contributed by atoms with Gasteiger partial charge in [-0.1, -0.05) is 162 Å². The van der Waals surface area contributed by atoms with Gasteiger partial charge in [-0.25, -0.2) is 4.79 Å². The van der Waals surface area contributed by atoms with Crippen molar-refractivity contribution in [3.63, 3.8) is 0 Å². The smallest absolute Gasteiger partial charge is 0.361 e. The first-order chi connectivity index (χ1) is 19.1. The Kier molecular flexibility index (Phi) is 29.0. The minimum absolute atomic E-state index is 0.0556. The molecule has 0 atom stereocenters. The van der Waals surface area contributed by atoms with E-state index < -0.39 is 0 Å². The van der Waals surface area contributed by atoms with Crippen molar-refractivity contribution >= 4 is 5.97 Å². The molecule has 0 heterocycles. The van der Waals surface area contributed by atoms with Crippen LogP contribution in [0.5, 0.6) is 0 Å². The van der Waals surface area contributed by atoms with E-state index in [-0.39, 0.29) is 5.97 Å². The highest BCUT2D eigenvalue weighted by molar-refractivity contribution is 5.70. The molecule has 39 heavy (non-hydrogen) atoms. The van der Waals surface area contributed by atoms with Gasteiger partial charge in [0.2, 0.25) is 0 Å². The van der Waals surface area contributed by atoms with Crippen LogP contribution in [-0.2, 0) is 9.53 Å². The van der Waals surface area contributed by atoms with Gasteiger partial charge < -0.3 is 9.22 Å². The molecule has 0 N–H and O–H groups in total. The van der Waals surface area contributed by atoms with Crippen LogP contribution in [0.4, 0.5) is 0 Å². The van der Waals surface area contributed by atoms with Crippen LogP contribution in [0.25, 0.3) is 0 Å². The largest absolute Gasteiger partial charge is 0.462 e. The molecule has 3 heteroatoms. The lowest BCUT2D eigenvalue weighted by Gasteiger charge is -2.36. The lowest BCUT2D eigenvalue weighted by Crippen LogP contribution is -2.52. The van der Waals surface area contributed by atoms with E-state index in [2.05, 4.69) is 27.0 Å². The predicted octanol–water partition coefficient (Wildman–Crippen LogP) is 11.1. The molecule has 0 aliphatic heterocycles. The average Bonchev–Trinajstić information content (AvgIpc) is 2.92. The van der Waals surface area contributed by atoms with Gasteiger partial charge in [0.15, 0.2) is 6.54 Å². The average molecular weight is 549 g/mol. The molecule has 0 spiro atoms. The maximum Gasteiger partial charge on any atom is 0.361 e. The quantitative estimate of drug-likeness (QED) is 0.0361. The lowest BCUT2D eigenvalue weighted by molar-refractivity contribution is -0.910. The second-order valence-electron chi connectivity index (χ2n) is 12.2. The van der Waals surface area contributed by atoms with Crippen LogP contribution in [0.2, 0.25) is 0 Å². The standard InChI is InChI=1S/C36H70NO2/c1-5-9-11-13-15-17-19-20-21-22-23-25-27-29-33-37(31-7-3,32-8-4)35-36(38)39-34-30-28-26-24-18-16-14-12-10-6-2/h7-8H,3-6,9-35H2,1-2H3/q+1. The fourth-order valence-electron chi connectivity index (χ4n) is 5.75. The van der Waals surface area contributed by atoms with E-state index in [9.17, 15) is 4.79 Å². The van der Waals surface area contributed by atoms with Crippen molar-refractivity contribution in [3.05, 3.63) is 25.3 Å². The summed E-state index contributed by atoms with van der Waals surface area (Å²) in [5.41, 5.74) is 0. The molecule has 0 bridgehead atoms. The van der Waals surface area contributed by atoms with Crippen LogP contribution in [0.15, 0.2) is 25.3 Å². The SMILES string of the molecule is C=CC[N+](CC=C)(CCCCCCCCCCCCCCCC)CC(=O)OCCCCCCCCCCCC. The third-order valence-electron chi connectivity index (χ3n) is 8.24. The maximum atomic E-state index is 12.7. The van der Waals surface area contributed by atoms with Crippen molar-refractivity contribution in [3.8, 4) is 0 Å².